The standard InChI is InChI=1S/C13H12N6O5/c1-9-14-7-13(19(23)24)17(9)8-12(20)16-15-6-10-2-4-11(5-3-10)18(21)22/h2-7H,8H2,1H3,(H,16,20)/b15-6+. The number of hydrogen-bond donors (Lipinski definition) is 1. The summed E-state index contributed by atoms with van der Waals surface area (Å²) in [6.07, 6.45) is 2.37. The van der Waals surface area contributed by atoms with Crippen molar-refractivity contribution in [3.63, 3.8) is 0 Å². The number of hydrogen-bond acceptors (Lipinski definition) is 7. The predicted molar refractivity (Wildman–Crippen MR) is 82.5 cm³/mol. The third-order valence-corrected chi connectivity index (χ3v) is 3.03. The molecule has 1 amide bonds. The summed E-state index contributed by atoms with van der Waals surface area (Å²) in [6, 6.07) is 5.56. The van der Waals surface area contributed by atoms with Gasteiger partial charge in [0, 0.05) is 19.1 Å². The molecule has 0 fully saturated rings. The van der Waals surface area contributed by atoms with Crippen LogP contribution < -0.4 is 5.43 Å². The molecule has 0 aliphatic carbocycles. The molecular formula is C13H12N6O5. The van der Waals surface area contributed by atoms with E-state index in [4.69, 9.17) is 0 Å². The molecule has 0 radical (unpaired) electrons. The lowest BCUT2D eigenvalue weighted by Gasteiger charge is -2.01. The van der Waals surface area contributed by atoms with Crippen molar-refractivity contribution in [3.8, 4) is 0 Å². The van der Waals surface area contributed by atoms with E-state index in [1.807, 2.05) is 0 Å². The van der Waals surface area contributed by atoms with Gasteiger partial charge in [-0.2, -0.15) is 5.10 Å². The van der Waals surface area contributed by atoms with Crippen molar-refractivity contribution in [2.75, 3.05) is 0 Å². The van der Waals surface area contributed by atoms with Gasteiger partial charge in [0.15, 0.2) is 12.4 Å². The fraction of sp³-hybridized carbons (Fsp3) is 0.154. The molecule has 2 rings (SSSR count). The fourth-order valence-electron chi connectivity index (χ4n) is 1.84. The number of carbonyl (C=O) groups excluding carboxylic acids is 1. The number of nitro benzene ring substituents is 1. The van der Waals surface area contributed by atoms with Crippen LogP contribution in [0.15, 0.2) is 35.6 Å². The van der Waals surface area contributed by atoms with E-state index in [1.165, 1.54) is 30.5 Å². The first kappa shape index (κ1) is 16.7. The van der Waals surface area contributed by atoms with Crippen molar-refractivity contribution in [2.24, 2.45) is 5.10 Å². The minimum atomic E-state index is -0.632. The number of aryl methyl sites for hydroxylation is 1. The molecule has 0 aliphatic rings. The van der Waals surface area contributed by atoms with E-state index < -0.39 is 15.8 Å². The smallest absolute Gasteiger partial charge is 0.343 e. The first-order valence-electron chi connectivity index (χ1n) is 6.61. The SMILES string of the molecule is Cc1ncc([N+](=O)[O-])n1CC(=O)N/N=C/c1ccc([N+](=O)[O-])cc1. The predicted octanol–water partition coefficient (Wildman–Crippen LogP) is 1.16. The first-order chi connectivity index (χ1) is 11.4. The number of hydrazone groups is 1. The molecule has 24 heavy (non-hydrogen) atoms. The summed E-state index contributed by atoms with van der Waals surface area (Å²) in [5, 5.41) is 25.1. The van der Waals surface area contributed by atoms with Crippen molar-refractivity contribution in [3.05, 3.63) is 62.1 Å². The topological polar surface area (TPSA) is 146 Å². The number of carbonyl (C=O) groups is 1. The first-order valence-corrected chi connectivity index (χ1v) is 6.61. The number of nitrogens with zero attached hydrogens (tertiary/aromatic N) is 5. The van der Waals surface area contributed by atoms with Crippen LogP contribution in [0.3, 0.4) is 0 Å². The van der Waals surface area contributed by atoms with Crippen LogP contribution in [-0.2, 0) is 11.3 Å². The van der Waals surface area contributed by atoms with Crippen molar-refractivity contribution < 1.29 is 14.6 Å². The van der Waals surface area contributed by atoms with Gasteiger partial charge in [-0.05, 0) is 22.6 Å². The molecule has 0 atom stereocenters. The highest BCUT2D eigenvalue weighted by Crippen LogP contribution is 2.13. The number of benzene rings is 1. The largest absolute Gasteiger partial charge is 0.358 e. The van der Waals surface area contributed by atoms with Crippen molar-refractivity contribution in [1.82, 2.24) is 15.0 Å². The van der Waals surface area contributed by atoms with Gasteiger partial charge in [0.1, 0.15) is 6.20 Å². The summed E-state index contributed by atoms with van der Waals surface area (Å²) >= 11 is 0. The summed E-state index contributed by atoms with van der Waals surface area (Å²) in [5.41, 5.74) is 2.72. The minimum absolute atomic E-state index is 0.0564. The zero-order chi connectivity index (χ0) is 17.7. The van der Waals surface area contributed by atoms with Gasteiger partial charge in [-0.1, -0.05) is 0 Å². The summed E-state index contributed by atoms with van der Waals surface area (Å²) in [6.45, 7) is 1.24. The minimum Gasteiger partial charge on any atom is -0.358 e. The van der Waals surface area contributed by atoms with Crippen LogP contribution in [-0.4, -0.2) is 31.5 Å². The lowest BCUT2D eigenvalue weighted by Crippen LogP contribution is -2.24. The summed E-state index contributed by atoms with van der Waals surface area (Å²) in [7, 11) is 0. The molecule has 124 valence electrons. The Hall–Kier alpha value is -3.63. The molecule has 1 N–H and O–H groups in total. The van der Waals surface area contributed by atoms with E-state index >= 15 is 0 Å². The molecule has 11 nitrogen and oxygen atoms in total. The van der Waals surface area contributed by atoms with Gasteiger partial charge >= 0.3 is 5.82 Å². The summed E-state index contributed by atoms with van der Waals surface area (Å²) in [5.74, 6) is -0.532. The second kappa shape index (κ2) is 7.09. The van der Waals surface area contributed by atoms with Gasteiger partial charge in [-0.25, -0.2) is 15.0 Å². The summed E-state index contributed by atoms with van der Waals surface area (Å²) in [4.78, 5) is 35.8. The molecule has 0 saturated heterocycles. The number of aromatic nitrogens is 2. The molecule has 0 unspecified atom stereocenters. The van der Waals surface area contributed by atoms with Crippen molar-refractivity contribution in [2.45, 2.75) is 13.5 Å². The maximum atomic E-state index is 11.8. The number of amides is 1. The quantitative estimate of drug-likeness (QED) is 0.477. The molecule has 0 bridgehead atoms. The molecule has 0 spiro atoms. The molecule has 11 heteroatoms. The van der Waals surface area contributed by atoms with Gasteiger partial charge in [-0.3, -0.25) is 14.9 Å². The lowest BCUT2D eigenvalue weighted by molar-refractivity contribution is -0.392. The Labute approximate surface area is 134 Å². The van der Waals surface area contributed by atoms with Gasteiger partial charge in [0.25, 0.3) is 11.6 Å². The Kier molecular flexibility index (Phi) is 4.94. The highest BCUT2D eigenvalue weighted by molar-refractivity contribution is 5.82. The Balaban J connectivity index is 1.97. The molecule has 0 aliphatic heterocycles. The fourth-order valence-corrected chi connectivity index (χ4v) is 1.84. The average molecular weight is 332 g/mol. The van der Waals surface area contributed by atoms with Crippen LogP contribution >= 0.6 is 0 Å². The monoisotopic (exact) mass is 332 g/mol. The number of nitro groups is 2. The van der Waals surface area contributed by atoms with Crippen molar-refractivity contribution in [1.29, 1.82) is 0 Å². The van der Waals surface area contributed by atoms with E-state index in [1.54, 1.807) is 6.92 Å². The highest BCUT2D eigenvalue weighted by atomic mass is 16.6. The van der Waals surface area contributed by atoms with Crippen LogP contribution in [0.25, 0.3) is 0 Å². The number of imidazole rings is 1. The van der Waals surface area contributed by atoms with E-state index in [9.17, 15) is 25.0 Å². The summed E-state index contributed by atoms with van der Waals surface area (Å²) < 4.78 is 1.15. The zero-order valence-corrected chi connectivity index (χ0v) is 12.4. The van der Waals surface area contributed by atoms with Gasteiger partial charge < -0.3 is 10.1 Å². The Bertz CT molecular complexity index is 811. The Morgan fingerprint density at radius 1 is 1.29 bits per heavy atom. The second-order valence-electron chi connectivity index (χ2n) is 4.65. The van der Waals surface area contributed by atoms with Gasteiger partial charge in [-0.15, -0.1) is 0 Å². The Morgan fingerprint density at radius 3 is 2.54 bits per heavy atom. The van der Waals surface area contributed by atoms with Crippen LogP contribution in [0.1, 0.15) is 11.4 Å². The highest BCUT2D eigenvalue weighted by Gasteiger charge is 2.19. The second-order valence-corrected chi connectivity index (χ2v) is 4.65. The van der Waals surface area contributed by atoms with Gasteiger partial charge in [0.2, 0.25) is 0 Å². The molecular weight excluding hydrogens is 320 g/mol. The van der Waals surface area contributed by atoms with Crippen molar-refractivity contribution >= 4 is 23.6 Å². The average Bonchev–Trinajstić information content (AvgIpc) is 2.89. The van der Waals surface area contributed by atoms with Gasteiger partial charge in [0.05, 0.1) is 11.1 Å². The molecule has 1 aromatic heterocycles. The van der Waals surface area contributed by atoms with E-state index in [-0.39, 0.29) is 18.1 Å². The van der Waals surface area contributed by atoms with E-state index in [0.717, 1.165) is 10.8 Å². The number of non-ortho nitro benzene ring substituents is 1. The maximum absolute atomic E-state index is 11.8. The normalized spacial score (nSPS) is 10.7. The molecule has 2 aromatic rings. The van der Waals surface area contributed by atoms with E-state index in [0.29, 0.717) is 11.4 Å². The number of rotatable bonds is 6. The van der Waals surface area contributed by atoms with Crippen LogP contribution in [0, 0.1) is 27.2 Å². The zero-order valence-electron chi connectivity index (χ0n) is 12.4. The Morgan fingerprint density at radius 2 is 1.96 bits per heavy atom. The molecule has 1 heterocycles. The van der Waals surface area contributed by atoms with Crippen LogP contribution in [0.4, 0.5) is 11.5 Å². The molecule has 1 aromatic carbocycles. The molecule has 0 saturated carbocycles. The van der Waals surface area contributed by atoms with Crippen LogP contribution in [0.2, 0.25) is 0 Å². The lowest BCUT2D eigenvalue weighted by atomic mass is 10.2. The third-order valence-electron chi connectivity index (χ3n) is 3.03. The van der Waals surface area contributed by atoms with Crippen LogP contribution in [0.5, 0.6) is 0 Å². The van der Waals surface area contributed by atoms with E-state index in [2.05, 4.69) is 15.5 Å². The number of nitrogens with one attached hydrogen (secondary N) is 1. The maximum Gasteiger partial charge on any atom is 0.343 e. The third kappa shape index (κ3) is 3.97.